The van der Waals surface area contributed by atoms with Crippen LogP contribution in [0.25, 0.3) is 17.0 Å². The molecular weight excluding hydrogens is 502 g/mol. The fourth-order valence-electron chi connectivity index (χ4n) is 4.77. The van der Waals surface area contributed by atoms with Crippen molar-refractivity contribution in [2.75, 3.05) is 18.6 Å². The highest BCUT2D eigenvalue weighted by Gasteiger charge is 2.37. The van der Waals surface area contributed by atoms with Crippen molar-refractivity contribution >= 4 is 57.5 Å². The lowest BCUT2D eigenvalue weighted by Gasteiger charge is -2.16. The van der Waals surface area contributed by atoms with Gasteiger partial charge in [0.25, 0.3) is 5.91 Å². The van der Waals surface area contributed by atoms with Gasteiger partial charge in [0.2, 0.25) is 0 Å². The molecule has 4 aromatic rings. The molecule has 1 saturated heterocycles. The number of ether oxygens (including phenoxy) is 1. The van der Waals surface area contributed by atoms with Gasteiger partial charge in [-0.2, -0.15) is 0 Å². The number of thiocarbonyl (C=S) groups is 1. The molecule has 0 unspecified atom stereocenters. The summed E-state index contributed by atoms with van der Waals surface area (Å²) in [5, 5.41) is 2.27. The number of likely N-dealkylation sites (N-methyl/N-ethyl adjacent to an activating group) is 1. The summed E-state index contributed by atoms with van der Waals surface area (Å²) >= 11 is 11.8. The molecule has 0 N–H and O–H groups in total. The van der Waals surface area contributed by atoms with E-state index in [0.717, 1.165) is 33.7 Å². The first-order valence-corrected chi connectivity index (χ1v) is 13.1. The third kappa shape index (κ3) is 4.75. The average molecular weight is 530 g/mol. The van der Waals surface area contributed by atoms with Gasteiger partial charge in [-0.15, -0.1) is 0 Å². The number of amides is 1. The second kappa shape index (κ2) is 10.4. The van der Waals surface area contributed by atoms with E-state index in [1.54, 1.807) is 9.80 Å². The molecule has 3 aromatic carbocycles. The maximum Gasteiger partial charge on any atom is 0.281 e. The number of para-hydroxylation sites is 1. The summed E-state index contributed by atoms with van der Waals surface area (Å²) < 4.78 is 7.80. The first-order chi connectivity index (χ1) is 17.9. The van der Waals surface area contributed by atoms with Crippen LogP contribution >= 0.6 is 23.8 Å². The van der Waals surface area contributed by atoms with Gasteiger partial charge in [0.05, 0.1) is 17.8 Å². The Hall–Kier alpha value is -3.61. The minimum atomic E-state index is -0.151. The Bertz CT molecular complexity index is 1510. The smallest absolute Gasteiger partial charge is 0.281 e. The van der Waals surface area contributed by atoms with E-state index in [9.17, 15) is 4.79 Å². The van der Waals surface area contributed by atoms with Crippen LogP contribution < -0.4 is 9.64 Å². The quantitative estimate of drug-likeness (QED) is 0.192. The highest BCUT2D eigenvalue weighted by molar-refractivity contribution is 7.80. The van der Waals surface area contributed by atoms with Gasteiger partial charge in [-0.25, -0.2) is 0 Å². The van der Waals surface area contributed by atoms with Gasteiger partial charge in [-0.05, 0) is 79.2 Å². The number of hydrogen-bond donors (Lipinski definition) is 0. The first kappa shape index (κ1) is 25.1. The molecule has 5 rings (SSSR count). The van der Waals surface area contributed by atoms with Crippen molar-refractivity contribution in [3.05, 3.63) is 100 Å². The monoisotopic (exact) mass is 529 g/mol. The van der Waals surface area contributed by atoms with Crippen LogP contribution in [0.3, 0.4) is 0 Å². The van der Waals surface area contributed by atoms with Gasteiger partial charge in [0, 0.05) is 35.8 Å². The number of fused-ring (bicyclic) bond motifs is 1. The van der Waals surface area contributed by atoms with Gasteiger partial charge < -0.3 is 14.2 Å². The molecule has 0 saturated carbocycles. The van der Waals surface area contributed by atoms with Gasteiger partial charge in [0.15, 0.2) is 5.11 Å². The Morgan fingerprint density at radius 2 is 1.73 bits per heavy atom. The largest absolute Gasteiger partial charge is 0.494 e. The SMILES string of the molecule is CCOc1ccc(N2C(=O)/C(=C/c3cn(Cc4ccc(Cl)cc4)c4c(CC)cccc34)N(C)C2=S)cc1. The van der Waals surface area contributed by atoms with E-state index >= 15 is 0 Å². The maximum atomic E-state index is 13.6. The highest BCUT2D eigenvalue weighted by Crippen LogP contribution is 2.32. The number of hydrogen-bond acceptors (Lipinski definition) is 3. The summed E-state index contributed by atoms with van der Waals surface area (Å²) in [5.41, 5.74) is 5.81. The second-order valence-electron chi connectivity index (χ2n) is 8.94. The van der Waals surface area contributed by atoms with Crippen molar-refractivity contribution in [2.24, 2.45) is 0 Å². The van der Waals surface area contributed by atoms with E-state index in [1.165, 1.54) is 11.1 Å². The molecule has 1 aromatic heterocycles. The van der Waals surface area contributed by atoms with Crippen LogP contribution in [0.4, 0.5) is 5.69 Å². The summed E-state index contributed by atoms with van der Waals surface area (Å²) in [4.78, 5) is 17.0. The van der Waals surface area contributed by atoms with Gasteiger partial charge in [-0.1, -0.05) is 48.9 Å². The number of aromatic nitrogens is 1. The molecule has 0 atom stereocenters. The maximum absolute atomic E-state index is 13.6. The lowest BCUT2D eigenvalue weighted by Crippen LogP contribution is -2.31. The predicted molar refractivity (Wildman–Crippen MR) is 155 cm³/mol. The molecule has 0 radical (unpaired) electrons. The molecule has 1 amide bonds. The molecule has 1 aliphatic rings. The third-order valence-corrected chi connectivity index (χ3v) is 7.33. The van der Waals surface area contributed by atoms with Crippen LogP contribution in [0, 0.1) is 0 Å². The van der Waals surface area contributed by atoms with E-state index in [4.69, 9.17) is 28.6 Å². The van der Waals surface area contributed by atoms with E-state index in [1.807, 2.05) is 68.6 Å². The summed E-state index contributed by atoms with van der Waals surface area (Å²) in [6.07, 6.45) is 4.98. The summed E-state index contributed by atoms with van der Waals surface area (Å²) in [6.45, 7) is 5.39. The molecule has 1 fully saturated rings. The van der Waals surface area contributed by atoms with E-state index in [-0.39, 0.29) is 5.91 Å². The zero-order chi connectivity index (χ0) is 26.1. The van der Waals surface area contributed by atoms with E-state index < -0.39 is 0 Å². The normalized spacial score (nSPS) is 14.9. The van der Waals surface area contributed by atoms with Crippen LogP contribution in [-0.2, 0) is 17.8 Å². The average Bonchev–Trinajstić information content (AvgIpc) is 3.36. The highest BCUT2D eigenvalue weighted by atomic mass is 35.5. The third-order valence-electron chi connectivity index (χ3n) is 6.62. The van der Waals surface area contributed by atoms with Crippen LogP contribution in [0.5, 0.6) is 5.75 Å². The van der Waals surface area contributed by atoms with Crippen molar-refractivity contribution in [3.63, 3.8) is 0 Å². The molecule has 1 aliphatic heterocycles. The minimum absolute atomic E-state index is 0.151. The molecular formula is C30H28ClN3O2S. The van der Waals surface area contributed by atoms with Crippen molar-refractivity contribution in [3.8, 4) is 5.75 Å². The lowest BCUT2D eigenvalue weighted by atomic mass is 10.1. The molecule has 0 bridgehead atoms. The Labute approximate surface area is 227 Å². The Balaban J connectivity index is 1.55. The number of halogens is 1. The summed E-state index contributed by atoms with van der Waals surface area (Å²) in [6, 6.07) is 21.7. The number of carbonyl (C=O) groups excluding carboxylic acids is 1. The molecule has 0 spiro atoms. The van der Waals surface area contributed by atoms with Crippen molar-refractivity contribution in [2.45, 2.75) is 26.8 Å². The van der Waals surface area contributed by atoms with E-state index in [2.05, 4.69) is 35.9 Å². The zero-order valence-electron chi connectivity index (χ0n) is 21.1. The topological polar surface area (TPSA) is 37.7 Å². The van der Waals surface area contributed by atoms with E-state index in [0.29, 0.717) is 29.6 Å². The van der Waals surface area contributed by atoms with Crippen LogP contribution in [0.1, 0.15) is 30.5 Å². The second-order valence-corrected chi connectivity index (χ2v) is 9.75. The fraction of sp³-hybridized carbons (Fsp3) is 0.200. The molecule has 188 valence electrons. The number of benzene rings is 3. The molecule has 0 aliphatic carbocycles. The number of carbonyl (C=O) groups is 1. The Kier molecular flexibility index (Phi) is 7.04. The number of anilines is 1. The van der Waals surface area contributed by atoms with Crippen molar-refractivity contribution in [1.29, 1.82) is 0 Å². The standard InChI is InChI=1S/C30H28ClN3O2S/c1-4-21-7-6-8-26-22(19-33(28(21)26)18-20-9-11-23(31)12-10-20)17-27-29(35)34(30(37)32(27)3)24-13-15-25(16-14-24)36-5-2/h6-17,19H,4-5,18H2,1-3H3/b27-17-. The summed E-state index contributed by atoms with van der Waals surface area (Å²) in [5.74, 6) is 0.607. The zero-order valence-corrected chi connectivity index (χ0v) is 22.6. The van der Waals surface area contributed by atoms with Crippen LogP contribution in [0.15, 0.2) is 78.6 Å². The van der Waals surface area contributed by atoms with Crippen LogP contribution in [-0.4, -0.2) is 34.1 Å². The van der Waals surface area contributed by atoms with Crippen molar-refractivity contribution in [1.82, 2.24) is 9.47 Å². The Morgan fingerprint density at radius 1 is 1.00 bits per heavy atom. The number of nitrogens with zero attached hydrogens (tertiary/aromatic N) is 3. The fourth-order valence-corrected chi connectivity index (χ4v) is 5.18. The number of aryl methyl sites for hydroxylation is 1. The van der Waals surface area contributed by atoms with Gasteiger partial charge >= 0.3 is 0 Å². The Morgan fingerprint density at radius 3 is 2.41 bits per heavy atom. The number of rotatable bonds is 7. The predicted octanol–water partition coefficient (Wildman–Crippen LogP) is 6.91. The lowest BCUT2D eigenvalue weighted by molar-refractivity contribution is -0.114. The van der Waals surface area contributed by atoms with Gasteiger partial charge in [0.1, 0.15) is 11.4 Å². The minimum Gasteiger partial charge on any atom is -0.494 e. The first-order valence-electron chi connectivity index (χ1n) is 12.3. The summed E-state index contributed by atoms with van der Waals surface area (Å²) in [7, 11) is 1.84. The molecule has 2 heterocycles. The van der Waals surface area contributed by atoms with Crippen molar-refractivity contribution < 1.29 is 9.53 Å². The molecule has 5 nitrogen and oxygen atoms in total. The van der Waals surface area contributed by atoms with Gasteiger partial charge in [-0.3, -0.25) is 9.69 Å². The molecule has 37 heavy (non-hydrogen) atoms. The van der Waals surface area contributed by atoms with Crippen LogP contribution in [0.2, 0.25) is 5.02 Å². The molecule has 7 heteroatoms.